The summed E-state index contributed by atoms with van der Waals surface area (Å²) >= 11 is 1.56. The number of thiophene rings is 1. The lowest BCUT2D eigenvalue weighted by atomic mass is 10.1. The van der Waals surface area contributed by atoms with Gasteiger partial charge >= 0.3 is 0 Å². The molecule has 0 atom stereocenters. The second-order valence-electron chi connectivity index (χ2n) is 5.92. The third-order valence-corrected chi connectivity index (χ3v) is 5.43. The molecule has 0 spiro atoms. The van der Waals surface area contributed by atoms with E-state index in [0.29, 0.717) is 18.2 Å². The number of nitrogens with one attached hydrogen (secondary N) is 1. The van der Waals surface area contributed by atoms with Crippen molar-refractivity contribution in [2.24, 2.45) is 0 Å². The fourth-order valence-corrected chi connectivity index (χ4v) is 4.04. The highest BCUT2D eigenvalue weighted by Crippen LogP contribution is 2.35. The first kappa shape index (κ1) is 17.7. The van der Waals surface area contributed by atoms with Gasteiger partial charge in [-0.15, -0.1) is 11.3 Å². The number of nitrogens with zero attached hydrogens (tertiary/aromatic N) is 2. The van der Waals surface area contributed by atoms with Crippen molar-refractivity contribution in [2.75, 3.05) is 44.1 Å². The van der Waals surface area contributed by atoms with Crippen LogP contribution in [0.25, 0.3) is 0 Å². The first-order valence-electron chi connectivity index (χ1n) is 8.39. The van der Waals surface area contributed by atoms with Gasteiger partial charge in [0.05, 0.1) is 35.5 Å². The number of hydrogen-bond donors (Lipinski definition) is 1. The summed E-state index contributed by atoms with van der Waals surface area (Å²) in [6.07, 6.45) is 4.94. The molecule has 1 N–H and O–H groups in total. The van der Waals surface area contributed by atoms with Crippen LogP contribution in [0.2, 0.25) is 0 Å². The molecule has 0 radical (unpaired) electrons. The Kier molecular flexibility index (Phi) is 5.88. The summed E-state index contributed by atoms with van der Waals surface area (Å²) < 4.78 is 10.3. The molecule has 1 aliphatic rings. The highest BCUT2D eigenvalue weighted by atomic mass is 32.1. The Balaban J connectivity index is 1.74. The van der Waals surface area contributed by atoms with Crippen LogP contribution < -0.4 is 15.0 Å². The van der Waals surface area contributed by atoms with Crippen molar-refractivity contribution in [3.05, 3.63) is 34.8 Å². The lowest BCUT2D eigenvalue weighted by molar-refractivity contribution is 0.103. The molecule has 0 bridgehead atoms. The number of aromatic nitrogens is 1. The molecule has 0 aromatic carbocycles. The van der Waals surface area contributed by atoms with Crippen LogP contribution in [0.15, 0.2) is 24.4 Å². The molecule has 2 aromatic heterocycles. The van der Waals surface area contributed by atoms with Crippen molar-refractivity contribution in [2.45, 2.75) is 19.3 Å². The normalized spacial score (nSPS) is 13.9. The maximum Gasteiger partial charge on any atom is 0.265 e. The second-order valence-corrected chi connectivity index (χ2v) is 6.95. The minimum absolute atomic E-state index is 0.100. The van der Waals surface area contributed by atoms with E-state index in [2.05, 4.69) is 15.2 Å². The van der Waals surface area contributed by atoms with E-state index in [1.54, 1.807) is 43.9 Å². The molecule has 3 heterocycles. The van der Waals surface area contributed by atoms with Gasteiger partial charge in [0.25, 0.3) is 5.91 Å². The second kappa shape index (κ2) is 8.31. The number of amides is 1. The van der Waals surface area contributed by atoms with E-state index in [4.69, 9.17) is 9.47 Å². The summed E-state index contributed by atoms with van der Waals surface area (Å²) in [7, 11) is 3.28. The van der Waals surface area contributed by atoms with E-state index < -0.39 is 0 Å². The number of carbonyl (C=O) groups excluding carboxylic acids is 1. The summed E-state index contributed by atoms with van der Waals surface area (Å²) in [5.74, 6) is 0.423. The van der Waals surface area contributed by atoms with Crippen LogP contribution in [0.1, 0.15) is 28.1 Å². The standard InChI is InChI=1S/C18H23N3O3S/c1-23-10-9-21-8-4-3-5-13-11-15(25-18(13)21)17(22)20-14-6-7-16(24-2)19-12-14/h6-7,11-12H,3-5,8-10H2,1-2H3,(H,20,22). The topological polar surface area (TPSA) is 63.7 Å². The molecular weight excluding hydrogens is 338 g/mol. The Morgan fingerprint density at radius 3 is 2.96 bits per heavy atom. The van der Waals surface area contributed by atoms with Crippen LogP contribution in [-0.4, -0.2) is 44.8 Å². The van der Waals surface area contributed by atoms with Gasteiger partial charge in [-0.25, -0.2) is 4.98 Å². The van der Waals surface area contributed by atoms with Crippen molar-refractivity contribution in [3.63, 3.8) is 0 Å². The fourth-order valence-electron chi connectivity index (χ4n) is 2.88. The van der Waals surface area contributed by atoms with Gasteiger partial charge in [0, 0.05) is 26.3 Å². The molecule has 0 saturated carbocycles. The Morgan fingerprint density at radius 1 is 1.36 bits per heavy atom. The number of hydrogen-bond acceptors (Lipinski definition) is 6. The zero-order valence-electron chi connectivity index (χ0n) is 14.6. The van der Waals surface area contributed by atoms with Gasteiger partial charge in [-0.05, 0) is 37.0 Å². The first-order valence-corrected chi connectivity index (χ1v) is 9.21. The molecule has 2 aromatic rings. The molecule has 0 saturated heterocycles. The summed E-state index contributed by atoms with van der Waals surface area (Å²) in [6, 6.07) is 5.54. The quantitative estimate of drug-likeness (QED) is 0.856. The van der Waals surface area contributed by atoms with Crippen molar-refractivity contribution < 1.29 is 14.3 Å². The summed E-state index contributed by atoms with van der Waals surface area (Å²) in [5, 5.41) is 4.10. The number of aryl methyl sites for hydroxylation is 1. The third kappa shape index (κ3) is 4.29. The van der Waals surface area contributed by atoms with E-state index in [9.17, 15) is 4.79 Å². The molecule has 0 fully saturated rings. The lowest BCUT2D eigenvalue weighted by Gasteiger charge is -2.21. The maximum atomic E-state index is 12.6. The number of carbonyl (C=O) groups is 1. The highest BCUT2D eigenvalue weighted by molar-refractivity contribution is 7.18. The average molecular weight is 361 g/mol. The third-order valence-electron chi connectivity index (χ3n) is 4.19. The van der Waals surface area contributed by atoms with Gasteiger partial charge in [0.1, 0.15) is 0 Å². The molecule has 0 unspecified atom stereocenters. The Hall–Kier alpha value is -2.12. The lowest BCUT2D eigenvalue weighted by Crippen LogP contribution is -2.27. The minimum Gasteiger partial charge on any atom is -0.481 e. The smallest absolute Gasteiger partial charge is 0.265 e. The van der Waals surface area contributed by atoms with E-state index in [1.807, 2.05) is 6.07 Å². The number of anilines is 2. The van der Waals surface area contributed by atoms with Crippen LogP contribution in [-0.2, 0) is 11.2 Å². The number of fused-ring (bicyclic) bond motifs is 1. The minimum atomic E-state index is -0.100. The zero-order chi connectivity index (χ0) is 17.6. The van der Waals surface area contributed by atoms with Gasteiger partial charge in [-0.2, -0.15) is 0 Å². The summed E-state index contributed by atoms with van der Waals surface area (Å²) in [5.41, 5.74) is 1.92. The van der Waals surface area contributed by atoms with Crippen molar-refractivity contribution in [1.29, 1.82) is 0 Å². The van der Waals surface area contributed by atoms with Crippen LogP contribution >= 0.6 is 11.3 Å². The molecule has 3 rings (SSSR count). The van der Waals surface area contributed by atoms with Crippen LogP contribution in [0.3, 0.4) is 0 Å². The molecule has 134 valence electrons. The average Bonchev–Trinajstić information content (AvgIpc) is 2.97. The zero-order valence-corrected chi connectivity index (χ0v) is 15.4. The highest BCUT2D eigenvalue weighted by Gasteiger charge is 2.21. The van der Waals surface area contributed by atoms with Crippen LogP contribution in [0.4, 0.5) is 10.7 Å². The van der Waals surface area contributed by atoms with Gasteiger partial charge in [-0.3, -0.25) is 4.79 Å². The number of rotatable bonds is 6. The van der Waals surface area contributed by atoms with Gasteiger partial charge in [0.2, 0.25) is 5.88 Å². The molecule has 6 nitrogen and oxygen atoms in total. The Labute approximate surface area is 151 Å². The number of pyridine rings is 1. The van der Waals surface area contributed by atoms with Gasteiger partial charge in [-0.1, -0.05) is 0 Å². The van der Waals surface area contributed by atoms with Crippen molar-refractivity contribution >= 4 is 27.9 Å². The molecule has 1 amide bonds. The Morgan fingerprint density at radius 2 is 2.24 bits per heavy atom. The molecule has 0 aliphatic carbocycles. The van der Waals surface area contributed by atoms with Crippen LogP contribution in [0.5, 0.6) is 5.88 Å². The monoisotopic (exact) mass is 361 g/mol. The van der Waals surface area contributed by atoms with E-state index in [0.717, 1.165) is 30.8 Å². The van der Waals surface area contributed by atoms with Crippen molar-refractivity contribution in [3.8, 4) is 5.88 Å². The van der Waals surface area contributed by atoms with E-state index >= 15 is 0 Å². The first-order chi connectivity index (χ1) is 12.2. The largest absolute Gasteiger partial charge is 0.481 e. The molecular formula is C18H23N3O3S. The van der Waals surface area contributed by atoms with E-state index in [-0.39, 0.29) is 5.91 Å². The number of ether oxygens (including phenoxy) is 2. The summed E-state index contributed by atoms with van der Waals surface area (Å²) in [4.78, 5) is 19.8. The summed E-state index contributed by atoms with van der Waals surface area (Å²) in [6.45, 7) is 2.56. The van der Waals surface area contributed by atoms with Crippen molar-refractivity contribution in [1.82, 2.24) is 4.98 Å². The molecule has 1 aliphatic heterocycles. The molecule has 7 heteroatoms. The fraction of sp³-hybridized carbons (Fsp3) is 0.444. The predicted molar refractivity (Wildman–Crippen MR) is 100 cm³/mol. The van der Waals surface area contributed by atoms with Gasteiger partial charge < -0.3 is 19.7 Å². The predicted octanol–water partition coefficient (Wildman–Crippen LogP) is 3.19. The Bertz CT molecular complexity index is 715. The van der Waals surface area contributed by atoms with E-state index in [1.165, 1.54) is 17.0 Å². The number of methoxy groups -OCH3 is 2. The van der Waals surface area contributed by atoms with Gasteiger partial charge in [0.15, 0.2) is 0 Å². The maximum absolute atomic E-state index is 12.6. The van der Waals surface area contributed by atoms with Crippen LogP contribution in [0, 0.1) is 0 Å². The molecule has 25 heavy (non-hydrogen) atoms. The SMILES string of the molecule is COCCN1CCCCc2cc(C(=O)Nc3ccc(OC)nc3)sc21.